The Labute approximate surface area is 202 Å². The molecule has 0 aliphatic carbocycles. The van der Waals surface area contributed by atoms with Crippen LogP contribution in [0.2, 0.25) is 0 Å². The molecule has 0 aliphatic heterocycles. The molecule has 0 spiro atoms. The highest BCUT2D eigenvalue weighted by molar-refractivity contribution is 5.80. The summed E-state index contributed by atoms with van der Waals surface area (Å²) in [5.41, 5.74) is 4.37. The van der Waals surface area contributed by atoms with E-state index in [1.54, 1.807) is 0 Å². The molecule has 0 atom stereocenters. The van der Waals surface area contributed by atoms with Crippen molar-refractivity contribution in [3.8, 4) is 0 Å². The lowest BCUT2D eigenvalue weighted by Gasteiger charge is -2.22. The van der Waals surface area contributed by atoms with E-state index in [4.69, 9.17) is 10.2 Å². The Kier molecular flexibility index (Phi) is 8.63. The Bertz CT molecular complexity index is 1050. The van der Waals surface area contributed by atoms with Crippen molar-refractivity contribution in [2.75, 3.05) is 23.1 Å². The Hall–Kier alpha value is -4.18. The topological polar surface area (TPSA) is 31.2 Å². The summed E-state index contributed by atoms with van der Waals surface area (Å²) in [7, 11) is 0. The van der Waals surface area contributed by atoms with Crippen LogP contribution < -0.4 is 10.0 Å². The molecule has 0 amide bonds. The molecule has 4 aromatic carbocycles. The van der Waals surface area contributed by atoms with Gasteiger partial charge < -0.3 is 0 Å². The summed E-state index contributed by atoms with van der Waals surface area (Å²) in [6.45, 7) is 1.66. The van der Waals surface area contributed by atoms with Crippen molar-refractivity contribution in [2.24, 2.45) is 10.2 Å². The van der Waals surface area contributed by atoms with Gasteiger partial charge in [0.1, 0.15) is 0 Å². The molecule has 0 heterocycles. The molecule has 0 aliphatic rings. The van der Waals surface area contributed by atoms with Crippen LogP contribution in [0.5, 0.6) is 0 Å². The largest absolute Gasteiger partial charge is 0.266 e. The molecule has 4 aromatic rings. The summed E-state index contributed by atoms with van der Waals surface area (Å²) in [6.07, 6.45) is 5.83. The van der Waals surface area contributed by atoms with E-state index >= 15 is 0 Å². The zero-order valence-electron chi connectivity index (χ0n) is 19.3. The van der Waals surface area contributed by atoms with E-state index in [0.717, 1.165) is 48.4 Å². The first-order valence-electron chi connectivity index (χ1n) is 11.7. The second-order valence-electron chi connectivity index (χ2n) is 7.93. The zero-order valence-corrected chi connectivity index (χ0v) is 19.3. The lowest BCUT2D eigenvalue weighted by Crippen LogP contribution is -2.22. The molecule has 0 radical (unpaired) electrons. The highest BCUT2D eigenvalue weighted by atomic mass is 15.5. The molecular weight excluding hydrogens is 416 g/mol. The van der Waals surface area contributed by atoms with Crippen LogP contribution >= 0.6 is 0 Å². The third-order valence-electron chi connectivity index (χ3n) is 5.39. The quantitative estimate of drug-likeness (QED) is 0.143. The summed E-state index contributed by atoms with van der Waals surface area (Å²) in [4.78, 5) is 0. The molecule has 0 unspecified atom stereocenters. The number of nitrogens with zero attached hydrogens (tertiary/aromatic N) is 4. The first kappa shape index (κ1) is 23.0. The maximum Gasteiger partial charge on any atom is 0.0593 e. The number of hydrogen-bond acceptors (Lipinski definition) is 4. The van der Waals surface area contributed by atoms with Gasteiger partial charge in [-0.2, -0.15) is 10.2 Å². The molecule has 170 valence electrons. The van der Waals surface area contributed by atoms with Crippen LogP contribution in [0.15, 0.2) is 132 Å². The average molecular weight is 447 g/mol. The van der Waals surface area contributed by atoms with Crippen LogP contribution in [-0.2, 0) is 0 Å². The third kappa shape index (κ3) is 7.17. The van der Waals surface area contributed by atoms with Crippen LogP contribution in [0.3, 0.4) is 0 Å². The molecule has 0 fully saturated rings. The molecule has 0 aromatic heterocycles. The first-order chi connectivity index (χ1) is 16.9. The van der Waals surface area contributed by atoms with Gasteiger partial charge >= 0.3 is 0 Å². The van der Waals surface area contributed by atoms with Gasteiger partial charge in [-0.1, -0.05) is 97.1 Å². The van der Waals surface area contributed by atoms with Crippen molar-refractivity contribution in [1.82, 2.24) is 0 Å². The van der Waals surface area contributed by atoms with E-state index in [1.807, 2.05) is 61.0 Å². The number of anilines is 2. The van der Waals surface area contributed by atoms with E-state index < -0.39 is 0 Å². The fourth-order valence-corrected chi connectivity index (χ4v) is 3.58. The molecule has 4 heteroatoms. The summed E-state index contributed by atoms with van der Waals surface area (Å²) in [5.74, 6) is 0. The molecule has 0 bridgehead atoms. The summed E-state index contributed by atoms with van der Waals surface area (Å²) in [5, 5.41) is 13.7. The standard InChI is InChI=1S/C30H30N4/c1-5-15-27(16-6-1)25-31-33(29-19-9-3-10-20-29)23-13-14-24-34(30-21-11-4-12-22-30)32-26-28-17-7-2-8-18-28/h1-12,15-22,25-26H,13-14,23-24H2/b31-25-,32-26-. The van der Waals surface area contributed by atoms with Crippen LogP contribution in [-0.4, -0.2) is 25.5 Å². The number of benzene rings is 4. The normalized spacial score (nSPS) is 11.2. The third-order valence-corrected chi connectivity index (χ3v) is 5.39. The number of para-hydroxylation sites is 2. The number of rotatable bonds is 11. The second kappa shape index (κ2) is 12.8. The smallest absolute Gasteiger partial charge is 0.0593 e. The van der Waals surface area contributed by atoms with Crippen molar-refractivity contribution in [1.29, 1.82) is 0 Å². The van der Waals surface area contributed by atoms with Crippen LogP contribution in [0.1, 0.15) is 24.0 Å². The van der Waals surface area contributed by atoms with Crippen molar-refractivity contribution in [3.63, 3.8) is 0 Å². The molecule has 4 rings (SSSR count). The van der Waals surface area contributed by atoms with Gasteiger partial charge in [-0.25, -0.2) is 0 Å². The first-order valence-corrected chi connectivity index (χ1v) is 11.7. The number of hydrazone groups is 2. The van der Waals surface area contributed by atoms with Crippen LogP contribution in [0.25, 0.3) is 0 Å². The SMILES string of the molecule is C(=N/N(CCCCN(/N=C\c1ccccc1)c1ccccc1)c1ccccc1)/c1ccccc1. The summed E-state index contributed by atoms with van der Waals surface area (Å²) >= 11 is 0. The van der Waals surface area contributed by atoms with E-state index in [9.17, 15) is 0 Å². The predicted molar refractivity (Wildman–Crippen MR) is 145 cm³/mol. The Balaban J connectivity index is 1.40. The van der Waals surface area contributed by atoms with E-state index in [0.29, 0.717) is 0 Å². The number of hydrogen-bond donors (Lipinski definition) is 0. The second-order valence-corrected chi connectivity index (χ2v) is 7.93. The van der Waals surface area contributed by atoms with Crippen molar-refractivity contribution >= 4 is 23.8 Å². The van der Waals surface area contributed by atoms with Crippen molar-refractivity contribution in [3.05, 3.63) is 132 Å². The van der Waals surface area contributed by atoms with Gasteiger partial charge in [-0.15, -0.1) is 0 Å². The minimum atomic E-state index is 0.832. The van der Waals surface area contributed by atoms with E-state index in [-0.39, 0.29) is 0 Å². The van der Waals surface area contributed by atoms with Gasteiger partial charge in [0, 0.05) is 13.1 Å². The molecule has 0 saturated heterocycles. The van der Waals surface area contributed by atoms with Gasteiger partial charge in [-0.3, -0.25) is 10.0 Å². The predicted octanol–water partition coefficient (Wildman–Crippen LogP) is 6.85. The van der Waals surface area contributed by atoms with Gasteiger partial charge in [0.05, 0.1) is 23.8 Å². The summed E-state index contributed by atoms with van der Waals surface area (Å²) < 4.78 is 0. The maximum absolute atomic E-state index is 4.78. The average Bonchev–Trinajstić information content (AvgIpc) is 2.92. The lowest BCUT2D eigenvalue weighted by molar-refractivity contribution is 0.681. The van der Waals surface area contributed by atoms with Crippen LogP contribution in [0.4, 0.5) is 11.4 Å². The fraction of sp³-hybridized carbons (Fsp3) is 0.133. The van der Waals surface area contributed by atoms with Crippen LogP contribution in [0, 0.1) is 0 Å². The summed E-state index contributed by atoms with van der Waals surface area (Å²) in [6, 6.07) is 41.1. The molecule has 34 heavy (non-hydrogen) atoms. The van der Waals surface area contributed by atoms with Gasteiger partial charge in [0.2, 0.25) is 0 Å². The minimum Gasteiger partial charge on any atom is -0.266 e. The van der Waals surface area contributed by atoms with Crippen molar-refractivity contribution in [2.45, 2.75) is 12.8 Å². The van der Waals surface area contributed by atoms with E-state index in [1.165, 1.54) is 0 Å². The van der Waals surface area contributed by atoms with Crippen molar-refractivity contribution < 1.29 is 0 Å². The van der Waals surface area contributed by atoms with E-state index in [2.05, 4.69) is 82.8 Å². The molecule has 4 nitrogen and oxygen atoms in total. The number of unbranched alkanes of at least 4 members (excludes halogenated alkanes) is 1. The molecule has 0 saturated carbocycles. The highest BCUT2D eigenvalue weighted by Crippen LogP contribution is 2.17. The Morgan fingerprint density at radius 1 is 0.441 bits per heavy atom. The molecular formula is C30H30N4. The lowest BCUT2D eigenvalue weighted by atomic mass is 10.2. The molecule has 0 N–H and O–H groups in total. The van der Waals surface area contributed by atoms with Gasteiger partial charge in [0.25, 0.3) is 0 Å². The monoisotopic (exact) mass is 446 g/mol. The van der Waals surface area contributed by atoms with Gasteiger partial charge in [0.15, 0.2) is 0 Å². The Morgan fingerprint density at radius 3 is 1.12 bits per heavy atom. The highest BCUT2D eigenvalue weighted by Gasteiger charge is 2.07. The maximum atomic E-state index is 4.78. The fourth-order valence-electron chi connectivity index (χ4n) is 3.58. The van der Waals surface area contributed by atoms with Gasteiger partial charge in [-0.05, 0) is 48.2 Å². The minimum absolute atomic E-state index is 0.832. The zero-order chi connectivity index (χ0) is 23.3. The Morgan fingerprint density at radius 2 is 0.765 bits per heavy atom.